The Morgan fingerprint density at radius 2 is 1.83 bits per heavy atom. The Hall–Kier alpha value is -1.42. The van der Waals surface area contributed by atoms with Gasteiger partial charge in [-0.2, -0.15) is 0 Å². The largest absolute Gasteiger partial charge is 0.394 e. The molecule has 3 nitrogen and oxygen atoms in total. The summed E-state index contributed by atoms with van der Waals surface area (Å²) in [6, 6.07) is 14.9. The van der Waals surface area contributed by atoms with Crippen LogP contribution in [0.3, 0.4) is 0 Å². The van der Waals surface area contributed by atoms with E-state index in [-0.39, 0.29) is 6.61 Å². The molecule has 0 aromatic heterocycles. The van der Waals surface area contributed by atoms with Gasteiger partial charge in [0.2, 0.25) is 0 Å². The summed E-state index contributed by atoms with van der Waals surface area (Å²) >= 11 is 0. The molecule has 0 fully saturated rings. The van der Waals surface area contributed by atoms with Gasteiger partial charge in [-0.05, 0) is 22.4 Å². The number of aliphatic hydroxyl groups is 1. The first-order valence-corrected chi connectivity index (χ1v) is 6.27. The molecule has 18 heavy (non-hydrogen) atoms. The lowest BCUT2D eigenvalue weighted by Gasteiger charge is -2.06. The molecule has 0 aliphatic rings. The van der Waals surface area contributed by atoms with E-state index >= 15 is 0 Å². The van der Waals surface area contributed by atoms with E-state index in [1.807, 2.05) is 0 Å². The van der Waals surface area contributed by atoms with Crippen LogP contribution in [0.5, 0.6) is 0 Å². The normalized spacial score (nSPS) is 10.9. The van der Waals surface area contributed by atoms with Gasteiger partial charge >= 0.3 is 0 Å². The quantitative estimate of drug-likeness (QED) is 0.732. The second-order valence-corrected chi connectivity index (χ2v) is 4.19. The Morgan fingerprint density at radius 3 is 2.67 bits per heavy atom. The van der Waals surface area contributed by atoms with E-state index in [1.165, 1.54) is 16.3 Å². The van der Waals surface area contributed by atoms with E-state index in [4.69, 9.17) is 9.84 Å². The Morgan fingerprint density at radius 1 is 1.00 bits per heavy atom. The molecule has 0 bridgehead atoms. The van der Waals surface area contributed by atoms with Crippen molar-refractivity contribution in [2.75, 3.05) is 26.4 Å². The maximum absolute atomic E-state index is 8.56. The topological polar surface area (TPSA) is 41.5 Å². The fourth-order valence-corrected chi connectivity index (χ4v) is 1.89. The van der Waals surface area contributed by atoms with Crippen LogP contribution in [0.25, 0.3) is 10.8 Å². The maximum Gasteiger partial charge on any atom is 0.0698 e. The van der Waals surface area contributed by atoms with Crippen LogP contribution in [0, 0.1) is 0 Å². The third-order valence-electron chi connectivity index (χ3n) is 2.80. The maximum atomic E-state index is 8.56. The van der Waals surface area contributed by atoms with Crippen LogP contribution in [0.1, 0.15) is 5.56 Å². The van der Waals surface area contributed by atoms with Crippen LogP contribution in [0.4, 0.5) is 0 Å². The van der Waals surface area contributed by atoms with E-state index in [9.17, 15) is 0 Å². The molecule has 0 unspecified atom stereocenters. The lowest BCUT2D eigenvalue weighted by molar-refractivity contribution is 0.0938. The molecular formula is C15H19NO2. The molecule has 0 saturated carbocycles. The van der Waals surface area contributed by atoms with Crippen molar-refractivity contribution in [1.82, 2.24) is 5.32 Å². The average Bonchev–Trinajstić information content (AvgIpc) is 2.42. The average molecular weight is 245 g/mol. The smallest absolute Gasteiger partial charge is 0.0698 e. The molecule has 0 atom stereocenters. The number of rotatable bonds is 7. The summed E-state index contributed by atoms with van der Waals surface area (Å²) in [6.07, 6.45) is 0. The predicted molar refractivity (Wildman–Crippen MR) is 73.6 cm³/mol. The van der Waals surface area contributed by atoms with E-state index in [0.717, 1.165) is 13.1 Å². The Kier molecular flexibility index (Phi) is 5.15. The lowest BCUT2D eigenvalue weighted by atomic mass is 10.1. The number of nitrogens with one attached hydrogen (secondary N) is 1. The van der Waals surface area contributed by atoms with Crippen LogP contribution < -0.4 is 5.32 Å². The zero-order valence-corrected chi connectivity index (χ0v) is 10.4. The minimum Gasteiger partial charge on any atom is -0.394 e. The number of ether oxygens (including phenoxy) is 1. The standard InChI is InChI=1S/C15H19NO2/c17-8-10-18-9-7-16-12-13-5-6-14-3-1-2-4-15(14)11-13/h1-6,11,16-17H,7-10,12H2. The Labute approximate surface area is 107 Å². The number of hydrogen-bond acceptors (Lipinski definition) is 3. The number of hydrogen-bond donors (Lipinski definition) is 2. The minimum absolute atomic E-state index is 0.0880. The highest BCUT2D eigenvalue weighted by atomic mass is 16.5. The molecular weight excluding hydrogens is 226 g/mol. The molecule has 0 spiro atoms. The van der Waals surface area contributed by atoms with E-state index in [2.05, 4.69) is 47.8 Å². The summed E-state index contributed by atoms with van der Waals surface area (Å²) < 4.78 is 5.18. The molecule has 0 aliphatic heterocycles. The van der Waals surface area contributed by atoms with Crippen LogP contribution in [0.15, 0.2) is 42.5 Å². The van der Waals surface area contributed by atoms with E-state index in [1.54, 1.807) is 0 Å². The summed E-state index contributed by atoms with van der Waals surface area (Å²) in [5.41, 5.74) is 1.27. The third kappa shape index (κ3) is 3.81. The Bertz CT molecular complexity index is 485. The first-order valence-electron chi connectivity index (χ1n) is 6.27. The third-order valence-corrected chi connectivity index (χ3v) is 2.80. The van der Waals surface area contributed by atoms with Crippen molar-refractivity contribution in [2.24, 2.45) is 0 Å². The zero-order valence-electron chi connectivity index (χ0n) is 10.4. The fourth-order valence-electron chi connectivity index (χ4n) is 1.89. The number of aliphatic hydroxyl groups excluding tert-OH is 1. The van der Waals surface area contributed by atoms with Crippen LogP contribution in [-0.2, 0) is 11.3 Å². The molecule has 2 aromatic rings. The molecule has 0 saturated heterocycles. The van der Waals surface area contributed by atoms with Gasteiger partial charge in [0.1, 0.15) is 0 Å². The Balaban J connectivity index is 1.81. The highest BCUT2D eigenvalue weighted by Gasteiger charge is 1.96. The van der Waals surface area contributed by atoms with Gasteiger partial charge in [0.05, 0.1) is 19.8 Å². The van der Waals surface area contributed by atoms with Crippen LogP contribution in [0.2, 0.25) is 0 Å². The van der Waals surface area contributed by atoms with Gasteiger partial charge in [-0.3, -0.25) is 0 Å². The van der Waals surface area contributed by atoms with Gasteiger partial charge in [0.25, 0.3) is 0 Å². The summed E-state index contributed by atoms with van der Waals surface area (Å²) in [5, 5.41) is 14.4. The second-order valence-electron chi connectivity index (χ2n) is 4.19. The first-order chi connectivity index (χ1) is 8.90. The van der Waals surface area contributed by atoms with E-state index < -0.39 is 0 Å². The van der Waals surface area contributed by atoms with Crippen molar-refractivity contribution in [2.45, 2.75) is 6.54 Å². The number of fused-ring (bicyclic) bond motifs is 1. The minimum atomic E-state index is 0.0880. The van der Waals surface area contributed by atoms with Gasteiger partial charge in [0.15, 0.2) is 0 Å². The molecule has 3 heteroatoms. The highest BCUT2D eigenvalue weighted by molar-refractivity contribution is 5.82. The lowest BCUT2D eigenvalue weighted by Crippen LogP contribution is -2.19. The summed E-state index contributed by atoms with van der Waals surface area (Å²) in [5.74, 6) is 0. The fraction of sp³-hybridized carbons (Fsp3) is 0.333. The molecule has 96 valence electrons. The summed E-state index contributed by atoms with van der Waals surface area (Å²) in [4.78, 5) is 0. The van der Waals surface area contributed by atoms with Gasteiger partial charge < -0.3 is 15.2 Å². The van der Waals surface area contributed by atoms with Crippen molar-refractivity contribution in [1.29, 1.82) is 0 Å². The molecule has 0 heterocycles. The predicted octanol–water partition coefficient (Wildman–Crippen LogP) is 1.94. The molecule has 2 rings (SSSR count). The van der Waals surface area contributed by atoms with Gasteiger partial charge in [-0.15, -0.1) is 0 Å². The van der Waals surface area contributed by atoms with Crippen LogP contribution in [-0.4, -0.2) is 31.5 Å². The van der Waals surface area contributed by atoms with E-state index in [0.29, 0.717) is 13.2 Å². The van der Waals surface area contributed by atoms with Crippen molar-refractivity contribution < 1.29 is 9.84 Å². The van der Waals surface area contributed by atoms with Crippen molar-refractivity contribution >= 4 is 10.8 Å². The zero-order chi connectivity index (χ0) is 12.6. The number of benzene rings is 2. The van der Waals surface area contributed by atoms with Gasteiger partial charge in [-0.1, -0.05) is 36.4 Å². The second kappa shape index (κ2) is 7.11. The summed E-state index contributed by atoms with van der Waals surface area (Å²) in [7, 11) is 0. The molecule has 2 N–H and O–H groups in total. The monoisotopic (exact) mass is 245 g/mol. The molecule has 0 aliphatic carbocycles. The van der Waals surface area contributed by atoms with Crippen molar-refractivity contribution in [3.05, 3.63) is 48.0 Å². The molecule has 2 aromatic carbocycles. The molecule has 0 radical (unpaired) electrons. The van der Waals surface area contributed by atoms with Crippen LogP contribution >= 0.6 is 0 Å². The molecule has 0 amide bonds. The highest BCUT2D eigenvalue weighted by Crippen LogP contribution is 2.15. The van der Waals surface area contributed by atoms with Gasteiger partial charge in [0, 0.05) is 13.1 Å². The van der Waals surface area contributed by atoms with Crippen molar-refractivity contribution in [3.63, 3.8) is 0 Å². The first kappa shape index (κ1) is 13.0. The summed E-state index contributed by atoms with van der Waals surface area (Å²) in [6.45, 7) is 2.77. The van der Waals surface area contributed by atoms with Crippen molar-refractivity contribution in [3.8, 4) is 0 Å². The SMILES string of the molecule is OCCOCCNCc1ccc2ccccc2c1. The van der Waals surface area contributed by atoms with Gasteiger partial charge in [-0.25, -0.2) is 0 Å².